The number of allylic oxidation sites excluding steroid dienone is 5. The van der Waals surface area contributed by atoms with Crippen molar-refractivity contribution < 1.29 is 14.7 Å². The van der Waals surface area contributed by atoms with E-state index in [1.165, 1.54) is 4.90 Å². The predicted molar refractivity (Wildman–Crippen MR) is 85.4 cm³/mol. The van der Waals surface area contributed by atoms with Gasteiger partial charge in [-0.2, -0.15) is 0 Å². The normalized spacial score (nSPS) is 13.2. The molecule has 1 aromatic rings. The maximum Gasteiger partial charge on any atom is 0.323 e. The van der Waals surface area contributed by atoms with Gasteiger partial charge in [-0.1, -0.05) is 36.4 Å². The van der Waals surface area contributed by atoms with Crippen molar-refractivity contribution in [2.45, 2.75) is 6.42 Å². The molecule has 1 aliphatic carbocycles. The van der Waals surface area contributed by atoms with Crippen molar-refractivity contribution in [2.24, 2.45) is 0 Å². The van der Waals surface area contributed by atoms with Crippen LogP contribution in [0, 0.1) is 0 Å². The second-order valence-electron chi connectivity index (χ2n) is 4.82. The Labute approximate surface area is 129 Å². The maximum absolute atomic E-state index is 12.1. The number of rotatable bonds is 6. The van der Waals surface area contributed by atoms with Crippen LogP contribution in [0.3, 0.4) is 0 Å². The van der Waals surface area contributed by atoms with Crippen LogP contribution in [-0.4, -0.2) is 30.1 Å². The van der Waals surface area contributed by atoms with Gasteiger partial charge in [0.25, 0.3) is 0 Å². The molecule has 0 heterocycles. The zero-order valence-corrected chi connectivity index (χ0v) is 12.1. The first kappa shape index (κ1) is 15.6. The molecule has 0 saturated heterocycles. The van der Waals surface area contributed by atoms with Crippen LogP contribution in [0.1, 0.15) is 6.42 Å². The van der Waals surface area contributed by atoms with Crippen LogP contribution in [0.5, 0.6) is 0 Å². The van der Waals surface area contributed by atoms with Crippen molar-refractivity contribution in [3.05, 3.63) is 66.4 Å². The summed E-state index contributed by atoms with van der Waals surface area (Å²) in [6, 6.07) is 9.02. The van der Waals surface area contributed by atoms with E-state index in [-0.39, 0.29) is 19.0 Å². The molecular formula is C17H18N2O3. The number of carboxylic acids is 1. The molecule has 0 aliphatic heterocycles. The minimum absolute atomic E-state index is 0.0226. The highest BCUT2D eigenvalue weighted by Gasteiger charge is 2.15. The third-order valence-electron chi connectivity index (χ3n) is 3.05. The van der Waals surface area contributed by atoms with Gasteiger partial charge in [-0.3, -0.25) is 9.59 Å². The highest BCUT2D eigenvalue weighted by molar-refractivity contribution is 5.85. The van der Waals surface area contributed by atoms with E-state index in [1.54, 1.807) is 12.1 Å². The van der Waals surface area contributed by atoms with E-state index in [4.69, 9.17) is 5.11 Å². The minimum atomic E-state index is -0.979. The van der Waals surface area contributed by atoms with Gasteiger partial charge in [0.05, 0.1) is 6.54 Å². The number of para-hydroxylation sites is 1. The van der Waals surface area contributed by atoms with Crippen molar-refractivity contribution >= 4 is 17.6 Å². The Hall–Kier alpha value is -2.82. The molecule has 0 bridgehead atoms. The number of nitrogens with one attached hydrogen (secondary N) is 1. The van der Waals surface area contributed by atoms with Crippen molar-refractivity contribution in [1.82, 2.24) is 5.32 Å². The Bertz CT molecular complexity index is 618. The number of carbonyl (C=O) groups excluding carboxylic acids is 1. The van der Waals surface area contributed by atoms with Gasteiger partial charge in [0, 0.05) is 11.4 Å². The van der Waals surface area contributed by atoms with Crippen LogP contribution in [0.2, 0.25) is 0 Å². The lowest BCUT2D eigenvalue weighted by Crippen LogP contribution is -2.39. The van der Waals surface area contributed by atoms with Crippen LogP contribution < -0.4 is 10.2 Å². The first-order valence-electron chi connectivity index (χ1n) is 7.00. The average Bonchev–Trinajstić information content (AvgIpc) is 2.75. The fraction of sp³-hybridized carbons (Fsp3) is 0.176. The molecule has 5 heteroatoms. The molecule has 22 heavy (non-hydrogen) atoms. The summed E-state index contributed by atoms with van der Waals surface area (Å²) in [5.74, 6) is -1.23. The van der Waals surface area contributed by atoms with E-state index in [0.29, 0.717) is 11.4 Å². The lowest BCUT2D eigenvalue weighted by Gasteiger charge is -2.22. The Morgan fingerprint density at radius 3 is 2.64 bits per heavy atom. The van der Waals surface area contributed by atoms with Crippen molar-refractivity contribution in [2.75, 3.05) is 18.0 Å². The molecule has 0 unspecified atom stereocenters. The van der Waals surface area contributed by atoms with E-state index in [1.807, 2.05) is 48.6 Å². The maximum atomic E-state index is 12.1. The Morgan fingerprint density at radius 2 is 1.91 bits per heavy atom. The molecular weight excluding hydrogens is 280 g/mol. The number of amides is 1. The van der Waals surface area contributed by atoms with Gasteiger partial charge in [-0.25, -0.2) is 0 Å². The number of hydrogen-bond acceptors (Lipinski definition) is 3. The van der Waals surface area contributed by atoms with Crippen molar-refractivity contribution in [3.8, 4) is 0 Å². The smallest absolute Gasteiger partial charge is 0.323 e. The summed E-state index contributed by atoms with van der Waals surface area (Å²) in [6.45, 7) is -0.253. The fourth-order valence-electron chi connectivity index (χ4n) is 2.08. The second kappa shape index (κ2) is 7.83. The van der Waals surface area contributed by atoms with E-state index in [2.05, 4.69) is 5.32 Å². The van der Waals surface area contributed by atoms with Gasteiger partial charge in [0.1, 0.15) is 6.54 Å². The molecule has 0 atom stereocenters. The Balaban J connectivity index is 2.03. The van der Waals surface area contributed by atoms with E-state index in [9.17, 15) is 9.59 Å². The minimum Gasteiger partial charge on any atom is -0.480 e. The molecule has 2 N–H and O–H groups in total. The summed E-state index contributed by atoms with van der Waals surface area (Å²) >= 11 is 0. The van der Waals surface area contributed by atoms with Gasteiger partial charge in [0.2, 0.25) is 5.91 Å². The van der Waals surface area contributed by atoms with Crippen LogP contribution in [0.25, 0.3) is 0 Å². The topological polar surface area (TPSA) is 69.6 Å². The number of nitrogens with zero attached hydrogens (tertiary/aromatic N) is 1. The molecule has 5 nitrogen and oxygen atoms in total. The zero-order chi connectivity index (χ0) is 15.8. The average molecular weight is 298 g/mol. The summed E-state index contributed by atoms with van der Waals surface area (Å²) in [6.07, 6.45) is 10.3. The van der Waals surface area contributed by atoms with Crippen molar-refractivity contribution in [3.63, 3.8) is 0 Å². The molecule has 1 aromatic carbocycles. The summed E-state index contributed by atoms with van der Waals surface area (Å²) in [4.78, 5) is 24.7. The highest BCUT2D eigenvalue weighted by atomic mass is 16.4. The molecule has 1 aliphatic rings. The third-order valence-corrected chi connectivity index (χ3v) is 3.05. The summed E-state index contributed by atoms with van der Waals surface area (Å²) in [5, 5.41) is 11.8. The number of benzene rings is 1. The number of carboxylic acid groups (broad SMARTS) is 1. The standard InChI is InChI=1S/C17H18N2O3/c20-16(18-14-8-4-1-2-5-9-14)12-19(13-17(21)22)15-10-6-3-7-11-15/h1,3-11H,2,12-13H2,(H,18,20)(H,21,22). The largest absolute Gasteiger partial charge is 0.480 e. The lowest BCUT2D eigenvalue weighted by atomic mass is 10.2. The first-order chi connectivity index (χ1) is 10.6. The molecule has 114 valence electrons. The second-order valence-corrected chi connectivity index (χ2v) is 4.82. The first-order valence-corrected chi connectivity index (χ1v) is 7.00. The third kappa shape index (κ3) is 4.94. The Kier molecular flexibility index (Phi) is 5.54. The Morgan fingerprint density at radius 1 is 1.14 bits per heavy atom. The summed E-state index contributed by atoms with van der Waals surface area (Å²) < 4.78 is 0. The zero-order valence-electron chi connectivity index (χ0n) is 12.1. The quantitative estimate of drug-likeness (QED) is 0.844. The van der Waals surface area contributed by atoms with Gasteiger partial charge in [0.15, 0.2) is 0 Å². The molecule has 2 rings (SSSR count). The monoisotopic (exact) mass is 298 g/mol. The summed E-state index contributed by atoms with van der Waals surface area (Å²) in [7, 11) is 0. The van der Waals surface area contributed by atoms with Gasteiger partial charge >= 0.3 is 5.97 Å². The number of hydrogen-bond donors (Lipinski definition) is 2. The molecule has 1 amide bonds. The van der Waals surface area contributed by atoms with E-state index in [0.717, 1.165) is 6.42 Å². The van der Waals surface area contributed by atoms with Crippen molar-refractivity contribution in [1.29, 1.82) is 0 Å². The van der Waals surface area contributed by atoms with Gasteiger partial charge in [-0.15, -0.1) is 0 Å². The van der Waals surface area contributed by atoms with Crippen LogP contribution in [0.4, 0.5) is 5.69 Å². The van der Waals surface area contributed by atoms with E-state index >= 15 is 0 Å². The van der Waals surface area contributed by atoms with Crippen LogP contribution >= 0.6 is 0 Å². The molecule has 0 spiro atoms. The van der Waals surface area contributed by atoms with Gasteiger partial charge < -0.3 is 15.3 Å². The van der Waals surface area contributed by atoms with Crippen LogP contribution in [0.15, 0.2) is 66.4 Å². The predicted octanol–water partition coefficient (Wildman–Crippen LogP) is 2.09. The number of carbonyl (C=O) groups is 2. The molecule has 0 fully saturated rings. The lowest BCUT2D eigenvalue weighted by molar-refractivity contribution is -0.135. The van der Waals surface area contributed by atoms with Crippen LogP contribution in [-0.2, 0) is 9.59 Å². The molecule has 0 aromatic heterocycles. The SMILES string of the molecule is O=C(O)CN(CC(=O)NC1=CC=CCC=C1)c1ccccc1. The van der Waals surface area contributed by atoms with E-state index < -0.39 is 5.97 Å². The fourth-order valence-corrected chi connectivity index (χ4v) is 2.08. The van der Waals surface area contributed by atoms with Gasteiger partial charge in [-0.05, 0) is 30.7 Å². The molecule has 0 radical (unpaired) electrons. The summed E-state index contributed by atoms with van der Waals surface area (Å²) in [5.41, 5.74) is 1.40. The molecule has 0 saturated carbocycles. The number of aliphatic carboxylic acids is 1. The highest BCUT2D eigenvalue weighted by Crippen LogP contribution is 2.12. The number of anilines is 1.